The van der Waals surface area contributed by atoms with Gasteiger partial charge >= 0.3 is 0 Å². The fourth-order valence-corrected chi connectivity index (χ4v) is 6.57. The SMILES string of the molecule is C=CCCCCCCCCCCCCCCCCCC(C=C)OC(C=C)CCCCCCCCCCCCCCCCCC=C. The highest BCUT2D eigenvalue weighted by molar-refractivity contribution is 4.86. The molecule has 0 spiro atoms. The summed E-state index contributed by atoms with van der Waals surface area (Å²) in [5.41, 5.74) is 0. The molecule has 0 amide bonds. The van der Waals surface area contributed by atoms with Crippen molar-refractivity contribution in [2.45, 2.75) is 231 Å². The lowest BCUT2D eigenvalue weighted by Gasteiger charge is -2.20. The fourth-order valence-electron chi connectivity index (χ4n) is 6.57. The van der Waals surface area contributed by atoms with Gasteiger partial charge in [-0.3, -0.25) is 0 Å². The van der Waals surface area contributed by atoms with E-state index in [0.29, 0.717) is 0 Å². The first-order valence-electron chi connectivity index (χ1n) is 20.4. The molecule has 0 aromatic rings. The molecule has 1 nitrogen and oxygen atoms in total. The maximum atomic E-state index is 6.36. The van der Waals surface area contributed by atoms with Gasteiger partial charge in [0.15, 0.2) is 0 Å². The molecule has 1 heteroatoms. The molecule has 0 saturated heterocycles. The maximum absolute atomic E-state index is 6.36. The van der Waals surface area contributed by atoms with Gasteiger partial charge in [-0.25, -0.2) is 0 Å². The summed E-state index contributed by atoms with van der Waals surface area (Å²) in [7, 11) is 0. The molecule has 0 radical (unpaired) electrons. The van der Waals surface area contributed by atoms with Crippen LogP contribution in [0.4, 0.5) is 0 Å². The maximum Gasteiger partial charge on any atom is 0.0761 e. The highest BCUT2D eigenvalue weighted by Crippen LogP contribution is 2.19. The molecule has 45 heavy (non-hydrogen) atoms. The van der Waals surface area contributed by atoms with Gasteiger partial charge in [-0.05, 0) is 38.5 Å². The molecular formula is C44H82O. The summed E-state index contributed by atoms with van der Waals surface area (Å²) < 4.78 is 6.36. The fraction of sp³-hybridized carbons (Fsp3) is 0.818. The van der Waals surface area contributed by atoms with Crippen LogP contribution in [-0.4, -0.2) is 12.2 Å². The largest absolute Gasteiger partial charge is 0.367 e. The number of rotatable bonds is 40. The van der Waals surface area contributed by atoms with Crippen LogP contribution in [0.1, 0.15) is 218 Å². The van der Waals surface area contributed by atoms with Crippen molar-refractivity contribution in [2.24, 2.45) is 0 Å². The quantitative estimate of drug-likeness (QED) is 0.0485. The normalized spacial score (nSPS) is 12.6. The Hall–Kier alpha value is -1.08. The Bertz CT molecular complexity index is 554. The number of hydrogen-bond donors (Lipinski definition) is 0. The van der Waals surface area contributed by atoms with Crippen LogP contribution in [0, 0.1) is 0 Å². The Kier molecular flexibility index (Phi) is 38.2. The van der Waals surface area contributed by atoms with E-state index >= 15 is 0 Å². The van der Waals surface area contributed by atoms with E-state index in [4.69, 9.17) is 4.74 Å². The number of ether oxygens (including phenoxy) is 1. The van der Waals surface area contributed by atoms with Crippen LogP contribution in [0.2, 0.25) is 0 Å². The van der Waals surface area contributed by atoms with Gasteiger partial charge < -0.3 is 4.74 Å². The van der Waals surface area contributed by atoms with E-state index in [2.05, 4.69) is 38.5 Å². The second-order valence-electron chi connectivity index (χ2n) is 14.0. The van der Waals surface area contributed by atoms with Gasteiger partial charge in [0.1, 0.15) is 0 Å². The zero-order valence-electron chi connectivity index (χ0n) is 30.7. The predicted octanol–water partition coefficient (Wildman–Crippen LogP) is 15.7. The standard InChI is InChI=1S/C44H82O/c1-5-9-11-13-15-17-19-21-23-25-27-29-31-33-35-37-39-41-43(7-3)45-44(8-4)42-40-38-36-34-32-30-28-26-24-22-20-18-16-14-12-10-6-2/h5-8,43-44H,1-4,9-42H2. The van der Waals surface area contributed by atoms with Crippen molar-refractivity contribution in [1.82, 2.24) is 0 Å². The molecule has 0 bridgehead atoms. The highest BCUT2D eigenvalue weighted by Gasteiger charge is 2.11. The van der Waals surface area contributed by atoms with Crippen molar-refractivity contribution in [2.75, 3.05) is 0 Å². The molecule has 264 valence electrons. The summed E-state index contributed by atoms with van der Waals surface area (Å²) in [6.07, 6.45) is 55.1. The van der Waals surface area contributed by atoms with E-state index in [1.165, 1.54) is 205 Å². The summed E-state index contributed by atoms with van der Waals surface area (Å²) in [6, 6.07) is 0. The lowest BCUT2D eigenvalue weighted by molar-refractivity contribution is 0.0299. The minimum Gasteiger partial charge on any atom is -0.367 e. The van der Waals surface area contributed by atoms with E-state index < -0.39 is 0 Å². The third-order valence-corrected chi connectivity index (χ3v) is 9.67. The van der Waals surface area contributed by atoms with Gasteiger partial charge in [-0.15, -0.1) is 26.3 Å². The Morgan fingerprint density at radius 3 is 0.689 bits per heavy atom. The topological polar surface area (TPSA) is 9.23 Å². The summed E-state index contributed by atoms with van der Waals surface area (Å²) in [4.78, 5) is 0. The predicted molar refractivity (Wildman–Crippen MR) is 206 cm³/mol. The van der Waals surface area contributed by atoms with E-state index in [-0.39, 0.29) is 12.2 Å². The smallest absolute Gasteiger partial charge is 0.0761 e. The summed E-state index contributed by atoms with van der Waals surface area (Å²) in [5, 5.41) is 0. The van der Waals surface area contributed by atoms with Crippen LogP contribution in [0.15, 0.2) is 50.6 Å². The Balaban J connectivity index is 3.49. The molecule has 0 fully saturated rings. The monoisotopic (exact) mass is 627 g/mol. The summed E-state index contributed by atoms with van der Waals surface area (Å²) in [5.74, 6) is 0. The van der Waals surface area contributed by atoms with Crippen LogP contribution in [0.25, 0.3) is 0 Å². The van der Waals surface area contributed by atoms with Gasteiger partial charge in [-0.2, -0.15) is 0 Å². The van der Waals surface area contributed by atoms with Gasteiger partial charge in [0.05, 0.1) is 12.2 Å². The van der Waals surface area contributed by atoms with Crippen LogP contribution >= 0.6 is 0 Å². The first kappa shape index (κ1) is 43.9. The minimum absolute atomic E-state index is 0.183. The average Bonchev–Trinajstić information content (AvgIpc) is 3.06. The molecule has 0 rings (SSSR count). The highest BCUT2D eigenvalue weighted by atomic mass is 16.5. The number of hydrogen-bond acceptors (Lipinski definition) is 1. The Morgan fingerprint density at radius 1 is 0.289 bits per heavy atom. The van der Waals surface area contributed by atoms with Crippen molar-refractivity contribution in [1.29, 1.82) is 0 Å². The van der Waals surface area contributed by atoms with E-state index in [0.717, 1.165) is 12.8 Å². The lowest BCUT2D eigenvalue weighted by atomic mass is 10.0. The minimum atomic E-state index is 0.183. The van der Waals surface area contributed by atoms with E-state index in [1.807, 2.05) is 12.2 Å². The molecule has 0 aliphatic rings. The van der Waals surface area contributed by atoms with Crippen LogP contribution in [0.5, 0.6) is 0 Å². The van der Waals surface area contributed by atoms with Crippen molar-refractivity contribution in [3.8, 4) is 0 Å². The third-order valence-electron chi connectivity index (χ3n) is 9.67. The van der Waals surface area contributed by atoms with Crippen molar-refractivity contribution < 1.29 is 4.74 Å². The second kappa shape index (κ2) is 39.1. The van der Waals surface area contributed by atoms with Crippen molar-refractivity contribution in [3.05, 3.63) is 50.6 Å². The molecular weight excluding hydrogens is 544 g/mol. The van der Waals surface area contributed by atoms with E-state index in [9.17, 15) is 0 Å². The van der Waals surface area contributed by atoms with Crippen LogP contribution in [-0.2, 0) is 4.74 Å². The van der Waals surface area contributed by atoms with Crippen molar-refractivity contribution in [3.63, 3.8) is 0 Å². The number of unbranched alkanes of at least 4 members (excludes halogenated alkanes) is 30. The molecule has 0 aromatic carbocycles. The molecule has 2 unspecified atom stereocenters. The Morgan fingerprint density at radius 2 is 0.489 bits per heavy atom. The molecule has 0 aromatic heterocycles. The van der Waals surface area contributed by atoms with Crippen LogP contribution < -0.4 is 0 Å². The third kappa shape index (κ3) is 35.6. The molecule has 2 atom stereocenters. The Labute approximate surface area is 285 Å². The lowest BCUT2D eigenvalue weighted by Crippen LogP contribution is -2.19. The zero-order valence-corrected chi connectivity index (χ0v) is 30.7. The average molecular weight is 627 g/mol. The van der Waals surface area contributed by atoms with Gasteiger partial charge in [0.25, 0.3) is 0 Å². The second-order valence-corrected chi connectivity index (χ2v) is 14.0. The van der Waals surface area contributed by atoms with E-state index in [1.54, 1.807) is 0 Å². The molecule has 0 heterocycles. The molecule has 0 saturated carbocycles. The van der Waals surface area contributed by atoms with Crippen molar-refractivity contribution >= 4 is 0 Å². The zero-order chi connectivity index (χ0) is 32.7. The summed E-state index contributed by atoms with van der Waals surface area (Å²) in [6.45, 7) is 15.7. The van der Waals surface area contributed by atoms with Gasteiger partial charge in [0.2, 0.25) is 0 Å². The van der Waals surface area contributed by atoms with Gasteiger partial charge in [-0.1, -0.05) is 204 Å². The summed E-state index contributed by atoms with van der Waals surface area (Å²) >= 11 is 0. The molecule has 0 aliphatic carbocycles. The van der Waals surface area contributed by atoms with Gasteiger partial charge in [0, 0.05) is 0 Å². The molecule has 0 aliphatic heterocycles. The first-order valence-corrected chi connectivity index (χ1v) is 20.4. The first-order chi connectivity index (χ1) is 22.3. The number of allylic oxidation sites excluding steroid dienone is 2. The van der Waals surface area contributed by atoms with Crippen LogP contribution in [0.3, 0.4) is 0 Å². The molecule has 0 N–H and O–H groups in total.